The van der Waals surface area contributed by atoms with E-state index in [0.29, 0.717) is 30.9 Å². The van der Waals surface area contributed by atoms with Crippen LogP contribution in [0.2, 0.25) is 0 Å². The molecule has 1 heterocycles. The molecule has 5 heteroatoms. The number of nitriles is 1. The molecule has 1 fully saturated rings. The fraction of sp³-hybridized carbons (Fsp3) is 0.429. The number of piperazine rings is 1. The maximum absolute atomic E-state index is 14.0. The van der Waals surface area contributed by atoms with E-state index in [9.17, 15) is 9.18 Å². The second-order valence-electron chi connectivity index (χ2n) is 4.64. The normalized spacial score (nSPS) is 16.2. The maximum Gasteiger partial charge on any atom is 0.159 e. The number of hydrogen-bond donors (Lipinski definition) is 0. The number of ketones is 1. The van der Waals surface area contributed by atoms with Gasteiger partial charge in [-0.1, -0.05) is 0 Å². The Hall–Kier alpha value is -1.93. The van der Waals surface area contributed by atoms with Gasteiger partial charge < -0.3 is 4.90 Å². The van der Waals surface area contributed by atoms with Gasteiger partial charge in [0, 0.05) is 31.7 Å². The van der Waals surface area contributed by atoms with Crippen molar-refractivity contribution in [1.29, 1.82) is 5.26 Å². The van der Waals surface area contributed by atoms with Crippen molar-refractivity contribution in [3.8, 4) is 6.07 Å². The number of benzene rings is 1. The third kappa shape index (κ3) is 3.09. The summed E-state index contributed by atoms with van der Waals surface area (Å²) in [5, 5.41) is 8.63. The Morgan fingerprint density at radius 1 is 1.37 bits per heavy atom. The van der Waals surface area contributed by atoms with Crippen molar-refractivity contribution in [2.45, 2.75) is 6.92 Å². The highest BCUT2D eigenvalue weighted by Gasteiger charge is 2.19. The minimum atomic E-state index is -0.360. The Kier molecular flexibility index (Phi) is 4.13. The van der Waals surface area contributed by atoms with Crippen LogP contribution in [0.5, 0.6) is 0 Å². The minimum Gasteiger partial charge on any atom is -0.367 e. The molecule has 19 heavy (non-hydrogen) atoms. The van der Waals surface area contributed by atoms with E-state index in [1.54, 1.807) is 12.1 Å². The molecule has 100 valence electrons. The Labute approximate surface area is 112 Å². The summed E-state index contributed by atoms with van der Waals surface area (Å²) in [5.74, 6) is -0.495. The van der Waals surface area contributed by atoms with Gasteiger partial charge in [0.15, 0.2) is 5.78 Å². The molecule has 4 nitrogen and oxygen atoms in total. The second-order valence-corrected chi connectivity index (χ2v) is 4.64. The first-order valence-electron chi connectivity index (χ1n) is 6.26. The molecule has 1 aromatic rings. The summed E-state index contributed by atoms with van der Waals surface area (Å²) in [7, 11) is 0. The van der Waals surface area contributed by atoms with Crippen molar-refractivity contribution in [2.75, 3.05) is 37.6 Å². The summed E-state index contributed by atoms with van der Waals surface area (Å²) in [6, 6.07) is 6.72. The molecule has 0 aliphatic carbocycles. The SMILES string of the molecule is CC(=O)c1ccc(N2CCN(CC#N)CC2)c(F)c1. The van der Waals surface area contributed by atoms with Crippen molar-refractivity contribution in [1.82, 2.24) is 4.90 Å². The first-order valence-corrected chi connectivity index (χ1v) is 6.26. The van der Waals surface area contributed by atoms with Crippen LogP contribution in [0.3, 0.4) is 0 Å². The van der Waals surface area contributed by atoms with E-state index in [4.69, 9.17) is 5.26 Å². The van der Waals surface area contributed by atoms with Crippen molar-refractivity contribution >= 4 is 11.5 Å². The maximum atomic E-state index is 14.0. The summed E-state index contributed by atoms with van der Waals surface area (Å²) in [6.07, 6.45) is 0. The molecule has 0 bridgehead atoms. The summed E-state index contributed by atoms with van der Waals surface area (Å²) in [6.45, 7) is 4.73. The number of nitrogens with zero attached hydrogens (tertiary/aromatic N) is 3. The Morgan fingerprint density at radius 2 is 2.05 bits per heavy atom. The lowest BCUT2D eigenvalue weighted by atomic mass is 10.1. The van der Waals surface area contributed by atoms with E-state index >= 15 is 0 Å². The highest BCUT2D eigenvalue weighted by atomic mass is 19.1. The van der Waals surface area contributed by atoms with Gasteiger partial charge in [-0.15, -0.1) is 0 Å². The van der Waals surface area contributed by atoms with Crippen molar-refractivity contribution in [3.05, 3.63) is 29.6 Å². The number of anilines is 1. The summed E-state index contributed by atoms with van der Waals surface area (Å²) in [5.41, 5.74) is 0.922. The molecule has 0 spiro atoms. The van der Waals surface area contributed by atoms with Gasteiger partial charge in [-0.05, 0) is 25.1 Å². The molecule has 0 unspecified atom stereocenters. The van der Waals surface area contributed by atoms with Crippen LogP contribution < -0.4 is 4.90 Å². The van der Waals surface area contributed by atoms with Crippen LogP contribution in [0.1, 0.15) is 17.3 Å². The number of carbonyl (C=O) groups is 1. The van der Waals surface area contributed by atoms with Crippen molar-refractivity contribution in [3.63, 3.8) is 0 Å². The molecule has 0 N–H and O–H groups in total. The Bertz CT molecular complexity index is 516. The van der Waals surface area contributed by atoms with Crippen LogP contribution in [-0.2, 0) is 0 Å². The van der Waals surface area contributed by atoms with Crippen LogP contribution >= 0.6 is 0 Å². The lowest BCUT2D eigenvalue weighted by molar-refractivity contribution is 0.101. The third-order valence-electron chi connectivity index (χ3n) is 3.36. The van der Waals surface area contributed by atoms with Gasteiger partial charge in [0.2, 0.25) is 0 Å². The van der Waals surface area contributed by atoms with Crippen LogP contribution in [-0.4, -0.2) is 43.4 Å². The monoisotopic (exact) mass is 261 g/mol. The number of halogens is 1. The van der Waals surface area contributed by atoms with E-state index in [2.05, 4.69) is 6.07 Å². The van der Waals surface area contributed by atoms with Crippen LogP contribution in [0.25, 0.3) is 0 Å². The van der Waals surface area contributed by atoms with Crippen LogP contribution in [0.15, 0.2) is 18.2 Å². The number of carbonyl (C=O) groups excluding carboxylic acids is 1. The largest absolute Gasteiger partial charge is 0.367 e. The summed E-state index contributed by atoms with van der Waals surface area (Å²) >= 11 is 0. The number of Topliss-reactive ketones (excluding diaryl/α,β-unsaturated/α-hetero) is 1. The highest BCUT2D eigenvalue weighted by molar-refractivity contribution is 5.94. The summed E-state index contributed by atoms with van der Waals surface area (Å²) in [4.78, 5) is 15.2. The zero-order chi connectivity index (χ0) is 13.8. The molecule has 1 aliphatic heterocycles. The van der Waals surface area contributed by atoms with Gasteiger partial charge in [0.1, 0.15) is 5.82 Å². The van der Waals surface area contributed by atoms with Gasteiger partial charge in [-0.2, -0.15) is 5.26 Å². The lowest BCUT2D eigenvalue weighted by Crippen LogP contribution is -2.46. The predicted molar refractivity (Wildman–Crippen MR) is 70.7 cm³/mol. The molecule has 1 aliphatic rings. The molecule has 2 rings (SSSR count). The molecule has 1 saturated heterocycles. The molecule has 1 aromatic carbocycles. The number of rotatable bonds is 3. The average molecular weight is 261 g/mol. The smallest absolute Gasteiger partial charge is 0.159 e. The standard InChI is InChI=1S/C14H16FN3O/c1-11(19)12-2-3-14(13(15)10-12)18-8-6-17(5-4-16)7-9-18/h2-3,10H,5-9H2,1H3. The molecular weight excluding hydrogens is 245 g/mol. The van der Waals surface area contributed by atoms with Gasteiger partial charge in [0.05, 0.1) is 18.3 Å². The first kappa shape index (κ1) is 13.5. The van der Waals surface area contributed by atoms with Gasteiger partial charge >= 0.3 is 0 Å². The highest BCUT2D eigenvalue weighted by Crippen LogP contribution is 2.22. The number of hydrogen-bond acceptors (Lipinski definition) is 4. The van der Waals surface area contributed by atoms with Gasteiger partial charge in [0.25, 0.3) is 0 Å². The lowest BCUT2D eigenvalue weighted by Gasteiger charge is -2.35. The van der Waals surface area contributed by atoms with E-state index in [1.807, 2.05) is 9.80 Å². The van der Waals surface area contributed by atoms with Gasteiger partial charge in [-0.3, -0.25) is 9.69 Å². The first-order chi connectivity index (χ1) is 9.11. The summed E-state index contributed by atoms with van der Waals surface area (Å²) < 4.78 is 14.0. The predicted octanol–water partition coefficient (Wildman–Crippen LogP) is 1.67. The van der Waals surface area contributed by atoms with Crippen molar-refractivity contribution in [2.24, 2.45) is 0 Å². The molecule has 0 saturated carbocycles. The Balaban J connectivity index is 2.08. The zero-order valence-electron chi connectivity index (χ0n) is 10.9. The topological polar surface area (TPSA) is 47.3 Å². The van der Waals surface area contributed by atoms with Crippen LogP contribution in [0.4, 0.5) is 10.1 Å². The zero-order valence-corrected chi connectivity index (χ0v) is 10.9. The molecule has 0 aromatic heterocycles. The molecule has 0 amide bonds. The van der Waals surface area contributed by atoms with Gasteiger partial charge in [-0.25, -0.2) is 4.39 Å². The minimum absolute atomic E-state index is 0.135. The Morgan fingerprint density at radius 3 is 2.58 bits per heavy atom. The average Bonchev–Trinajstić information content (AvgIpc) is 2.40. The van der Waals surface area contributed by atoms with E-state index < -0.39 is 0 Å². The molecule has 0 atom stereocenters. The fourth-order valence-corrected chi connectivity index (χ4v) is 2.23. The fourth-order valence-electron chi connectivity index (χ4n) is 2.23. The molecule has 0 radical (unpaired) electrons. The van der Waals surface area contributed by atoms with E-state index in [-0.39, 0.29) is 11.6 Å². The quantitative estimate of drug-likeness (QED) is 0.613. The van der Waals surface area contributed by atoms with E-state index in [0.717, 1.165) is 13.1 Å². The van der Waals surface area contributed by atoms with Crippen LogP contribution in [0, 0.1) is 17.1 Å². The van der Waals surface area contributed by atoms with Crippen molar-refractivity contribution < 1.29 is 9.18 Å². The second kappa shape index (κ2) is 5.81. The van der Waals surface area contributed by atoms with E-state index in [1.165, 1.54) is 13.0 Å². The molecular formula is C14H16FN3O. The third-order valence-corrected chi connectivity index (χ3v) is 3.36.